The third-order valence-electron chi connectivity index (χ3n) is 4.46. The van der Waals surface area contributed by atoms with E-state index in [-0.39, 0.29) is 29.9 Å². The molecule has 5 nitrogen and oxygen atoms in total. The number of aliphatic imine (C=N–C) groups is 1. The fraction of sp³-hybridized carbons (Fsp3) is 0.273. The summed E-state index contributed by atoms with van der Waals surface area (Å²) in [5, 5.41) is 9.91. The van der Waals surface area contributed by atoms with Crippen molar-refractivity contribution in [3.63, 3.8) is 0 Å². The average molecular weight is 521 g/mol. The van der Waals surface area contributed by atoms with Gasteiger partial charge in [0.1, 0.15) is 0 Å². The number of aromatic nitrogens is 1. The molecule has 0 unspecified atom stereocenters. The van der Waals surface area contributed by atoms with Gasteiger partial charge in [-0.2, -0.15) is 0 Å². The van der Waals surface area contributed by atoms with Gasteiger partial charge in [-0.25, -0.2) is 4.98 Å². The molecule has 0 atom stereocenters. The predicted molar refractivity (Wildman–Crippen MR) is 135 cm³/mol. The molecule has 0 spiro atoms. The van der Waals surface area contributed by atoms with Crippen molar-refractivity contribution in [2.45, 2.75) is 12.5 Å². The Labute approximate surface area is 194 Å². The minimum absolute atomic E-state index is 0. The van der Waals surface area contributed by atoms with Crippen LogP contribution in [0.3, 0.4) is 0 Å². The molecule has 3 aromatic rings. The maximum absolute atomic E-state index is 4.61. The Morgan fingerprint density at radius 1 is 1.00 bits per heavy atom. The maximum atomic E-state index is 4.61. The van der Waals surface area contributed by atoms with Crippen molar-refractivity contribution in [3.8, 4) is 0 Å². The first-order valence-corrected chi connectivity index (χ1v) is 10.2. The van der Waals surface area contributed by atoms with Crippen molar-refractivity contribution < 1.29 is 0 Å². The molecule has 1 heterocycles. The lowest BCUT2D eigenvalue weighted by Crippen LogP contribution is -2.39. The number of nitrogens with one attached hydrogen (secondary N) is 2. The summed E-state index contributed by atoms with van der Waals surface area (Å²) in [4.78, 5) is 11.0. The van der Waals surface area contributed by atoms with Gasteiger partial charge in [0, 0.05) is 39.0 Å². The minimum Gasteiger partial charge on any atom is -0.355 e. The van der Waals surface area contributed by atoms with Crippen LogP contribution in [0.2, 0.25) is 0 Å². The maximum Gasteiger partial charge on any atom is 0.191 e. The van der Waals surface area contributed by atoms with E-state index in [4.69, 9.17) is 0 Å². The van der Waals surface area contributed by atoms with Gasteiger partial charge in [-0.15, -0.1) is 35.3 Å². The van der Waals surface area contributed by atoms with E-state index in [0.29, 0.717) is 6.54 Å². The second-order valence-electron chi connectivity index (χ2n) is 6.70. The van der Waals surface area contributed by atoms with Gasteiger partial charge in [-0.1, -0.05) is 60.7 Å². The molecule has 0 bridgehead atoms. The van der Waals surface area contributed by atoms with Crippen molar-refractivity contribution in [2.75, 3.05) is 32.6 Å². The highest BCUT2D eigenvalue weighted by Crippen LogP contribution is 2.23. The Kier molecular flexibility index (Phi) is 9.40. The summed E-state index contributed by atoms with van der Waals surface area (Å²) in [6.45, 7) is 1.40. The molecule has 3 rings (SSSR count). The second kappa shape index (κ2) is 11.8. The van der Waals surface area contributed by atoms with Crippen LogP contribution in [-0.4, -0.2) is 38.6 Å². The van der Waals surface area contributed by atoms with Crippen LogP contribution in [0.5, 0.6) is 0 Å². The zero-order chi connectivity index (χ0) is 19.8. The van der Waals surface area contributed by atoms with Crippen molar-refractivity contribution >= 4 is 46.4 Å². The molecule has 0 saturated carbocycles. The van der Waals surface area contributed by atoms with Gasteiger partial charge in [0.05, 0.1) is 12.2 Å². The monoisotopic (exact) mass is 521 g/mol. The smallest absolute Gasteiger partial charge is 0.191 e. The van der Waals surface area contributed by atoms with Gasteiger partial charge in [-0.3, -0.25) is 4.99 Å². The van der Waals surface area contributed by atoms with Crippen molar-refractivity contribution in [3.05, 3.63) is 82.9 Å². The lowest BCUT2D eigenvalue weighted by Gasteiger charge is -2.20. The SMILES string of the molecule is CN=C(NCc1csc(N(C)C)n1)NCC(c1ccccc1)c1ccccc1.I. The Balaban J connectivity index is 0.00000300. The molecule has 0 aliphatic rings. The number of rotatable bonds is 7. The third kappa shape index (κ3) is 6.71. The van der Waals surface area contributed by atoms with E-state index in [0.717, 1.165) is 23.3 Å². The van der Waals surface area contributed by atoms with Gasteiger partial charge in [-0.05, 0) is 11.1 Å². The van der Waals surface area contributed by atoms with E-state index in [2.05, 4.69) is 86.7 Å². The molecule has 1 aromatic heterocycles. The fourth-order valence-electron chi connectivity index (χ4n) is 2.98. The number of guanidine groups is 1. The van der Waals surface area contributed by atoms with Crippen LogP contribution in [0.15, 0.2) is 71.0 Å². The van der Waals surface area contributed by atoms with Crippen LogP contribution in [0.25, 0.3) is 0 Å². The number of halogens is 1. The van der Waals surface area contributed by atoms with Crippen molar-refractivity contribution in [1.82, 2.24) is 15.6 Å². The topological polar surface area (TPSA) is 52.6 Å². The summed E-state index contributed by atoms with van der Waals surface area (Å²) in [7, 11) is 5.80. The van der Waals surface area contributed by atoms with E-state index in [9.17, 15) is 0 Å². The predicted octanol–water partition coefficient (Wildman–Crippen LogP) is 4.32. The molecular weight excluding hydrogens is 493 g/mol. The summed E-state index contributed by atoms with van der Waals surface area (Å²) in [6.07, 6.45) is 0. The quantitative estimate of drug-likeness (QED) is 0.276. The molecule has 0 amide bonds. The Morgan fingerprint density at radius 3 is 2.07 bits per heavy atom. The van der Waals surface area contributed by atoms with E-state index in [1.165, 1.54) is 11.1 Å². The molecule has 0 aliphatic heterocycles. The highest BCUT2D eigenvalue weighted by Gasteiger charge is 2.14. The van der Waals surface area contributed by atoms with Crippen LogP contribution in [-0.2, 0) is 6.54 Å². The highest BCUT2D eigenvalue weighted by atomic mass is 127. The standard InChI is InChI=1S/C22H27N5S.HI/c1-23-21(24-14-19-16-28-22(26-19)27(2)3)25-15-20(17-10-6-4-7-11-17)18-12-8-5-9-13-18;/h4-13,16,20H,14-15H2,1-3H3,(H2,23,24,25);1H. The molecule has 0 radical (unpaired) electrons. The fourth-order valence-corrected chi connectivity index (χ4v) is 3.73. The first kappa shape index (κ1) is 23.2. The molecule has 2 aromatic carbocycles. The average Bonchev–Trinajstić information content (AvgIpc) is 3.21. The lowest BCUT2D eigenvalue weighted by atomic mass is 9.91. The first-order valence-electron chi connectivity index (χ1n) is 9.33. The molecule has 0 fully saturated rings. The lowest BCUT2D eigenvalue weighted by molar-refractivity contribution is 0.725. The number of nitrogens with zero attached hydrogens (tertiary/aromatic N) is 3. The Morgan fingerprint density at radius 2 is 1.59 bits per heavy atom. The number of hydrogen-bond acceptors (Lipinski definition) is 4. The summed E-state index contributed by atoms with van der Waals surface area (Å²) >= 11 is 1.64. The third-order valence-corrected chi connectivity index (χ3v) is 5.52. The molecular formula is C22H28IN5S. The van der Waals surface area contributed by atoms with E-state index in [1.807, 2.05) is 19.0 Å². The number of hydrogen-bond donors (Lipinski definition) is 2. The van der Waals surface area contributed by atoms with Gasteiger partial charge < -0.3 is 15.5 Å². The summed E-state index contributed by atoms with van der Waals surface area (Å²) < 4.78 is 0. The molecule has 0 saturated heterocycles. The van der Waals surface area contributed by atoms with Gasteiger partial charge >= 0.3 is 0 Å². The van der Waals surface area contributed by atoms with Gasteiger partial charge in [0.2, 0.25) is 0 Å². The zero-order valence-corrected chi connectivity index (χ0v) is 20.1. The molecule has 2 N–H and O–H groups in total. The van der Waals surface area contributed by atoms with Crippen LogP contribution in [0.4, 0.5) is 5.13 Å². The second-order valence-corrected chi connectivity index (χ2v) is 7.53. The first-order chi connectivity index (χ1) is 13.7. The molecule has 154 valence electrons. The molecule has 7 heteroatoms. The Hall–Kier alpha value is -2.13. The normalized spacial score (nSPS) is 11.1. The van der Waals surface area contributed by atoms with Gasteiger partial charge in [0.25, 0.3) is 0 Å². The van der Waals surface area contributed by atoms with Crippen molar-refractivity contribution in [1.29, 1.82) is 0 Å². The van der Waals surface area contributed by atoms with E-state index < -0.39 is 0 Å². The largest absolute Gasteiger partial charge is 0.355 e. The minimum atomic E-state index is 0. The molecule has 29 heavy (non-hydrogen) atoms. The summed E-state index contributed by atoms with van der Waals surface area (Å²) in [5.74, 6) is 1.02. The number of anilines is 1. The number of benzene rings is 2. The van der Waals surface area contributed by atoms with Crippen LogP contribution < -0.4 is 15.5 Å². The Bertz CT molecular complexity index is 841. The molecule has 0 aliphatic carbocycles. The van der Waals surface area contributed by atoms with Gasteiger partial charge in [0.15, 0.2) is 11.1 Å². The van der Waals surface area contributed by atoms with E-state index in [1.54, 1.807) is 18.4 Å². The zero-order valence-electron chi connectivity index (χ0n) is 17.0. The summed E-state index contributed by atoms with van der Waals surface area (Å²) in [6, 6.07) is 21.1. The van der Waals surface area contributed by atoms with Crippen LogP contribution >= 0.6 is 35.3 Å². The summed E-state index contributed by atoms with van der Waals surface area (Å²) in [5.41, 5.74) is 3.58. The van der Waals surface area contributed by atoms with Crippen LogP contribution in [0.1, 0.15) is 22.7 Å². The van der Waals surface area contributed by atoms with E-state index >= 15 is 0 Å². The van der Waals surface area contributed by atoms with Crippen molar-refractivity contribution in [2.24, 2.45) is 4.99 Å². The number of thiazole rings is 1. The van der Waals surface area contributed by atoms with Crippen LogP contribution in [0, 0.1) is 0 Å². The highest BCUT2D eigenvalue weighted by molar-refractivity contribution is 14.0.